The number of phenolic OH excluding ortho intramolecular Hbond substituents is 1. The van der Waals surface area contributed by atoms with Crippen LogP contribution in [0.3, 0.4) is 0 Å². The summed E-state index contributed by atoms with van der Waals surface area (Å²) in [6.07, 6.45) is 0. The summed E-state index contributed by atoms with van der Waals surface area (Å²) in [7, 11) is 0. The van der Waals surface area contributed by atoms with Crippen LogP contribution in [0.25, 0.3) is 0 Å². The summed E-state index contributed by atoms with van der Waals surface area (Å²) in [5.41, 5.74) is 0. The fraction of sp³-hybridized carbons (Fsp3) is 0. The number of benzene rings is 1. The van der Waals surface area contributed by atoms with E-state index in [0.29, 0.717) is 5.75 Å². The van der Waals surface area contributed by atoms with Crippen LogP contribution < -0.4 is 18.9 Å². The summed E-state index contributed by atoms with van der Waals surface area (Å²) in [6, 6.07) is 8.71. The molecule has 0 bridgehead atoms. The van der Waals surface area contributed by atoms with E-state index in [9.17, 15) is 0 Å². The van der Waals surface area contributed by atoms with Crippen molar-refractivity contribution in [3.63, 3.8) is 0 Å². The van der Waals surface area contributed by atoms with E-state index < -0.39 is 0 Å². The van der Waals surface area contributed by atoms with E-state index in [0.717, 1.165) is 0 Å². The van der Waals surface area contributed by atoms with E-state index in [-0.39, 0.29) is 18.9 Å². The van der Waals surface area contributed by atoms with Gasteiger partial charge in [-0.1, -0.05) is 18.2 Å². The molecule has 0 saturated carbocycles. The van der Waals surface area contributed by atoms with Gasteiger partial charge in [0.15, 0.2) is 0 Å². The molecule has 0 spiro atoms. The Morgan fingerprint density at radius 2 is 1.50 bits per heavy atom. The molecule has 0 aliphatic rings. The maximum Gasteiger partial charge on any atom is 1.00 e. The van der Waals surface area contributed by atoms with Crippen LogP contribution in [-0.2, 0) is 0 Å². The first kappa shape index (κ1) is 7.62. The summed E-state index contributed by atoms with van der Waals surface area (Å²) in [4.78, 5) is 0. The molecule has 0 unspecified atom stereocenters. The average molecular weight is 101 g/mol. The normalized spacial score (nSPS) is 7.50. The fourth-order valence-corrected chi connectivity index (χ4v) is 0.428. The molecule has 1 aromatic rings. The molecule has 2 heteroatoms. The Labute approximate surface area is 60.5 Å². The SMILES string of the molecule is Oc1ccccc1.[Li+]. The molecule has 0 aliphatic heterocycles. The second-order valence-electron chi connectivity index (χ2n) is 1.34. The third-order valence-corrected chi connectivity index (χ3v) is 0.756. The van der Waals surface area contributed by atoms with Crippen LogP contribution in [0.1, 0.15) is 0 Å². The Kier molecular flexibility index (Phi) is 3.43. The van der Waals surface area contributed by atoms with Gasteiger partial charge < -0.3 is 5.11 Å². The van der Waals surface area contributed by atoms with Gasteiger partial charge >= 0.3 is 18.9 Å². The fourth-order valence-electron chi connectivity index (χ4n) is 0.428. The van der Waals surface area contributed by atoms with Crippen LogP contribution >= 0.6 is 0 Å². The van der Waals surface area contributed by atoms with E-state index in [1.807, 2.05) is 6.07 Å². The molecule has 0 aliphatic carbocycles. The third kappa shape index (κ3) is 2.06. The maximum absolute atomic E-state index is 8.63. The summed E-state index contributed by atoms with van der Waals surface area (Å²) in [5.74, 6) is 0.322. The molecular formula is C6H6LiO+. The van der Waals surface area contributed by atoms with E-state index >= 15 is 0 Å². The third-order valence-electron chi connectivity index (χ3n) is 0.756. The van der Waals surface area contributed by atoms with Crippen molar-refractivity contribution >= 4 is 0 Å². The summed E-state index contributed by atoms with van der Waals surface area (Å²) >= 11 is 0. The molecular weight excluding hydrogens is 95.0 g/mol. The molecule has 0 heterocycles. The van der Waals surface area contributed by atoms with Gasteiger partial charge in [-0.05, 0) is 12.1 Å². The summed E-state index contributed by atoms with van der Waals surface area (Å²) in [6.45, 7) is 0. The largest absolute Gasteiger partial charge is 1.00 e. The Morgan fingerprint density at radius 1 is 1.00 bits per heavy atom. The Balaban J connectivity index is 0.000000490. The number of hydrogen-bond donors (Lipinski definition) is 1. The summed E-state index contributed by atoms with van der Waals surface area (Å²) < 4.78 is 0. The molecule has 0 fully saturated rings. The number of phenols is 1. The predicted octanol–water partition coefficient (Wildman–Crippen LogP) is -1.60. The zero-order valence-electron chi connectivity index (χ0n) is 4.83. The van der Waals surface area contributed by atoms with Crippen LogP contribution in [0.15, 0.2) is 30.3 Å². The van der Waals surface area contributed by atoms with Crippen molar-refractivity contribution in [1.82, 2.24) is 0 Å². The first-order chi connectivity index (χ1) is 3.39. The van der Waals surface area contributed by atoms with Crippen molar-refractivity contribution < 1.29 is 24.0 Å². The molecule has 0 radical (unpaired) electrons. The Hall–Kier alpha value is -0.383. The monoisotopic (exact) mass is 101 g/mol. The van der Waals surface area contributed by atoms with E-state index in [1.54, 1.807) is 24.3 Å². The zero-order chi connectivity index (χ0) is 5.11. The minimum Gasteiger partial charge on any atom is -0.508 e. The average Bonchev–Trinajstić information content (AvgIpc) is 1.69. The molecule has 1 rings (SSSR count). The van der Waals surface area contributed by atoms with Gasteiger partial charge in [0.25, 0.3) is 0 Å². The van der Waals surface area contributed by atoms with Crippen molar-refractivity contribution in [3.8, 4) is 5.75 Å². The van der Waals surface area contributed by atoms with Crippen LogP contribution in [0, 0.1) is 0 Å². The first-order valence-corrected chi connectivity index (χ1v) is 2.13. The molecule has 8 heavy (non-hydrogen) atoms. The van der Waals surface area contributed by atoms with Crippen LogP contribution in [0.5, 0.6) is 5.75 Å². The van der Waals surface area contributed by atoms with Crippen LogP contribution in [-0.4, -0.2) is 5.11 Å². The minimum absolute atomic E-state index is 0. The molecule has 0 aromatic heterocycles. The summed E-state index contributed by atoms with van der Waals surface area (Å²) in [5, 5.41) is 8.63. The van der Waals surface area contributed by atoms with Gasteiger partial charge in [0.2, 0.25) is 0 Å². The molecule has 1 aromatic carbocycles. The van der Waals surface area contributed by atoms with E-state index in [4.69, 9.17) is 5.11 Å². The van der Waals surface area contributed by atoms with Crippen molar-refractivity contribution in [2.45, 2.75) is 0 Å². The van der Waals surface area contributed by atoms with Gasteiger partial charge in [0.1, 0.15) is 5.75 Å². The maximum atomic E-state index is 8.63. The quantitative estimate of drug-likeness (QED) is 0.390. The Bertz CT molecular complexity index is 138. The van der Waals surface area contributed by atoms with Crippen LogP contribution in [0.4, 0.5) is 0 Å². The molecule has 0 atom stereocenters. The number of para-hydroxylation sites is 1. The van der Waals surface area contributed by atoms with Gasteiger partial charge in [0, 0.05) is 0 Å². The van der Waals surface area contributed by atoms with Gasteiger partial charge in [0.05, 0.1) is 0 Å². The second kappa shape index (κ2) is 3.60. The van der Waals surface area contributed by atoms with Gasteiger partial charge in [-0.15, -0.1) is 0 Å². The van der Waals surface area contributed by atoms with Crippen LogP contribution in [0.2, 0.25) is 0 Å². The topological polar surface area (TPSA) is 20.2 Å². The number of rotatable bonds is 0. The molecule has 0 amide bonds. The van der Waals surface area contributed by atoms with Crippen molar-refractivity contribution in [2.24, 2.45) is 0 Å². The zero-order valence-corrected chi connectivity index (χ0v) is 4.83. The molecule has 36 valence electrons. The second-order valence-corrected chi connectivity index (χ2v) is 1.34. The van der Waals surface area contributed by atoms with Crippen molar-refractivity contribution in [2.75, 3.05) is 0 Å². The van der Waals surface area contributed by atoms with Crippen molar-refractivity contribution in [3.05, 3.63) is 30.3 Å². The van der Waals surface area contributed by atoms with Crippen molar-refractivity contribution in [1.29, 1.82) is 0 Å². The van der Waals surface area contributed by atoms with E-state index in [1.165, 1.54) is 0 Å². The van der Waals surface area contributed by atoms with Gasteiger partial charge in [-0.2, -0.15) is 0 Å². The number of aromatic hydroxyl groups is 1. The first-order valence-electron chi connectivity index (χ1n) is 2.13. The molecule has 0 saturated heterocycles. The standard InChI is InChI=1S/C6H6O.Li/c7-6-4-2-1-3-5-6;/h1-5,7H;/q;+1. The predicted molar refractivity (Wildman–Crippen MR) is 28.1 cm³/mol. The van der Waals surface area contributed by atoms with E-state index in [2.05, 4.69) is 0 Å². The number of hydrogen-bond acceptors (Lipinski definition) is 1. The minimum atomic E-state index is 0. The van der Waals surface area contributed by atoms with Gasteiger partial charge in [-0.3, -0.25) is 0 Å². The molecule has 1 N–H and O–H groups in total. The smallest absolute Gasteiger partial charge is 0.508 e. The van der Waals surface area contributed by atoms with Gasteiger partial charge in [-0.25, -0.2) is 0 Å². The Morgan fingerprint density at radius 3 is 1.75 bits per heavy atom. The molecule has 1 nitrogen and oxygen atoms in total.